The van der Waals surface area contributed by atoms with Crippen LogP contribution in [0.2, 0.25) is 0 Å². The van der Waals surface area contributed by atoms with E-state index in [4.69, 9.17) is 0 Å². The molecule has 0 N–H and O–H groups in total. The molecule has 3 heteroatoms. The lowest BCUT2D eigenvalue weighted by molar-refractivity contribution is -0.108. The van der Waals surface area contributed by atoms with E-state index >= 15 is 0 Å². The molecule has 0 aliphatic carbocycles. The summed E-state index contributed by atoms with van der Waals surface area (Å²) >= 11 is 0. The minimum atomic E-state index is -0.183. The summed E-state index contributed by atoms with van der Waals surface area (Å²) in [6, 6.07) is 9.73. The van der Waals surface area contributed by atoms with Gasteiger partial charge in [0, 0.05) is 12.7 Å². The first-order valence-electron chi connectivity index (χ1n) is 4.95. The van der Waals surface area contributed by atoms with Crippen LogP contribution in [0, 0.1) is 0 Å². The number of hydrogen-bond donors (Lipinski definition) is 0. The molecular weight excluding hydrogens is 188 g/mol. The molecule has 0 amide bonds. The lowest BCUT2D eigenvalue weighted by Crippen LogP contribution is -2.40. The van der Waals surface area contributed by atoms with Gasteiger partial charge in [0.25, 0.3) is 0 Å². The fourth-order valence-electron chi connectivity index (χ4n) is 1.82. The van der Waals surface area contributed by atoms with E-state index in [1.165, 1.54) is 0 Å². The Labute approximate surface area is 89.6 Å². The number of rotatable bonds is 2. The molecule has 0 radical (unpaired) electrons. The van der Waals surface area contributed by atoms with E-state index in [1.807, 2.05) is 60.4 Å². The van der Waals surface area contributed by atoms with Crippen LogP contribution < -0.4 is 5.01 Å². The van der Waals surface area contributed by atoms with Crippen LogP contribution in [-0.4, -0.2) is 24.4 Å². The Bertz CT molecular complexity index is 386. The van der Waals surface area contributed by atoms with Crippen LogP contribution in [0.3, 0.4) is 0 Å². The van der Waals surface area contributed by atoms with E-state index in [-0.39, 0.29) is 6.04 Å². The molecule has 0 aromatic heterocycles. The summed E-state index contributed by atoms with van der Waals surface area (Å²) in [4.78, 5) is 11.0. The molecule has 0 saturated carbocycles. The highest BCUT2D eigenvalue weighted by Gasteiger charge is 2.27. The van der Waals surface area contributed by atoms with Gasteiger partial charge in [-0.1, -0.05) is 18.2 Å². The SMILES string of the molecule is CC1=CC(C=O)N(c2ccccc2)N1C. The Hall–Kier alpha value is -1.77. The Morgan fingerprint density at radius 1 is 1.27 bits per heavy atom. The van der Waals surface area contributed by atoms with E-state index in [1.54, 1.807) is 0 Å². The van der Waals surface area contributed by atoms with Crippen LogP contribution in [0.15, 0.2) is 42.1 Å². The molecular formula is C12H14N2O. The van der Waals surface area contributed by atoms with Gasteiger partial charge in [0.1, 0.15) is 12.3 Å². The summed E-state index contributed by atoms with van der Waals surface area (Å²) in [6.45, 7) is 2.00. The van der Waals surface area contributed by atoms with Gasteiger partial charge in [-0.05, 0) is 25.1 Å². The molecule has 0 spiro atoms. The number of carbonyl (C=O) groups is 1. The minimum Gasteiger partial charge on any atom is -0.301 e. The first-order chi connectivity index (χ1) is 7.24. The number of carbonyl (C=O) groups excluding carboxylic acids is 1. The highest BCUT2D eigenvalue weighted by atomic mass is 16.1. The molecule has 3 nitrogen and oxygen atoms in total. The maximum Gasteiger partial charge on any atom is 0.148 e. The molecule has 2 rings (SSSR count). The number of hydrogen-bond acceptors (Lipinski definition) is 3. The first kappa shape index (κ1) is 9.77. The fraction of sp³-hybridized carbons (Fsp3) is 0.250. The van der Waals surface area contributed by atoms with Crippen molar-refractivity contribution < 1.29 is 4.79 Å². The molecule has 1 aromatic carbocycles. The van der Waals surface area contributed by atoms with Crippen molar-refractivity contribution >= 4 is 12.0 Å². The predicted octanol–water partition coefficient (Wildman–Crippen LogP) is 1.82. The van der Waals surface area contributed by atoms with Crippen molar-refractivity contribution in [1.82, 2.24) is 5.01 Å². The monoisotopic (exact) mass is 202 g/mol. The quantitative estimate of drug-likeness (QED) is 0.683. The van der Waals surface area contributed by atoms with Crippen molar-refractivity contribution in [3.8, 4) is 0 Å². The number of anilines is 1. The average molecular weight is 202 g/mol. The number of para-hydroxylation sites is 1. The van der Waals surface area contributed by atoms with Crippen molar-refractivity contribution in [2.24, 2.45) is 0 Å². The number of allylic oxidation sites excluding steroid dienone is 1. The topological polar surface area (TPSA) is 23.6 Å². The summed E-state index contributed by atoms with van der Waals surface area (Å²) in [7, 11) is 1.96. The van der Waals surface area contributed by atoms with Crippen LogP contribution in [0.1, 0.15) is 6.92 Å². The van der Waals surface area contributed by atoms with Gasteiger partial charge in [-0.2, -0.15) is 0 Å². The molecule has 1 heterocycles. The van der Waals surface area contributed by atoms with Crippen molar-refractivity contribution in [2.75, 3.05) is 12.1 Å². The molecule has 15 heavy (non-hydrogen) atoms. The maximum atomic E-state index is 11.0. The summed E-state index contributed by atoms with van der Waals surface area (Å²) in [5.41, 5.74) is 2.13. The third-order valence-corrected chi connectivity index (χ3v) is 2.69. The molecule has 0 bridgehead atoms. The van der Waals surface area contributed by atoms with Gasteiger partial charge in [-0.3, -0.25) is 10.0 Å². The van der Waals surface area contributed by atoms with Gasteiger partial charge in [-0.15, -0.1) is 0 Å². The van der Waals surface area contributed by atoms with Crippen LogP contribution in [0.25, 0.3) is 0 Å². The van der Waals surface area contributed by atoms with Gasteiger partial charge in [0.15, 0.2) is 0 Å². The van der Waals surface area contributed by atoms with E-state index in [0.717, 1.165) is 17.7 Å². The Morgan fingerprint density at radius 2 is 1.93 bits per heavy atom. The summed E-state index contributed by atoms with van der Waals surface area (Å²) in [5, 5.41) is 3.97. The zero-order valence-electron chi connectivity index (χ0n) is 8.92. The molecule has 1 aliphatic rings. The molecule has 1 aromatic rings. The predicted molar refractivity (Wildman–Crippen MR) is 60.3 cm³/mol. The average Bonchev–Trinajstić information content (AvgIpc) is 2.56. The van der Waals surface area contributed by atoms with E-state index in [9.17, 15) is 4.79 Å². The Morgan fingerprint density at radius 3 is 2.53 bits per heavy atom. The van der Waals surface area contributed by atoms with Crippen LogP contribution in [0.4, 0.5) is 5.69 Å². The van der Waals surface area contributed by atoms with Gasteiger partial charge < -0.3 is 4.79 Å². The lowest BCUT2D eigenvalue weighted by Gasteiger charge is -2.32. The second kappa shape index (κ2) is 3.77. The van der Waals surface area contributed by atoms with Crippen LogP contribution in [0.5, 0.6) is 0 Å². The highest BCUT2D eigenvalue weighted by Crippen LogP contribution is 2.26. The van der Waals surface area contributed by atoms with Gasteiger partial charge in [0.05, 0.1) is 5.69 Å². The smallest absolute Gasteiger partial charge is 0.148 e. The minimum absolute atomic E-state index is 0.183. The number of hydrazine groups is 1. The van der Waals surface area contributed by atoms with E-state index < -0.39 is 0 Å². The molecule has 78 valence electrons. The Kier molecular flexibility index (Phi) is 2.46. The van der Waals surface area contributed by atoms with Crippen molar-refractivity contribution in [2.45, 2.75) is 13.0 Å². The summed E-state index contributed by atoms with van der Waals surface area (Å²) in [5.74, 6) is 0. The zero-order valence-corrected chi connectivity index (χ0v) is 8.92. The summed E-state index contributed by atoms with van der Waals surface area (Å²) < 4.78 is 0. The van der Waals surface area contributed by atoms with Gasteiger partial charge >= 0.3 is 0 Å². The lowest BCUT2D eigenvalue weighted by atomic mass is 10.2. The van der Waals surface area contributed by atoms with Crippen LogP contribution >= 0.6 is 0 Å². The van der Waals surface area contributed by atoms with Crippen molar-refractivity contribution in [1.29, 1.82) is 0 Å². The van der Waals surface area contributed by atoms with E-state index in [0.29, 0.717) is 0 Å². The van der Waals surface area contributed by atoms with E-state index in [2.05, 4.69) is 0 Å². The van der Waals surface area contributed by atoms with Gasteiger partial charge in [-0.25, -0.2) is 0 Å². The van der Waals surface area contributed by atoms with Crippen molar-refractivity contribution in [3.63, 3.8) is 0 Å². The molecule has 1 unspecified atom stereocenters. The largest absolute Gasteiger partial charge is 0.301 e. The molecule has 1 aliphatic heterocycles. The third kappa shape index (κ3) is 1.61. The molecule has 0 saturated heterocycles. The fourth-order valence-corrected chi connectivity index (χ4v) is 1.82. The second-order valence-electron chi connectivity index (χ2n) is 3.64. The van der Waals surface area contributed by atoms with Crippen LogP contribution in [-0.2, 0) is 4.79 Å². The third-order valence-electron chi connectivity index (χ3n) is 2.69. The van der Waals surface area contributed by atoms with Crippen molar-refractivity contribution in [3.05, 3.63) is 42.1 Å². The second-order valence-corrected chi connectivity index (χ2v) is 3.64. The maximum absolute atomic E-state index is 11.0. The number of nitrogens with zero attached hydrogens (tertiary/aromatic N) is 2. The van der Waals surface area contributed by atoms with Gasteiger partial charge in [0.2, 0.25) is 0 Å². The first-order valence-corrected chi connectivity index (χ1v) is 4.95. The number of benzene rings is 1. The highest BCUT2D eigenvalue weighted by molar-refractivity contribution is 5.70. The normalized spacial score (nSPS) is 20.4. The Balaban J connectivity index is 2.34. The standard InChI is InChI=1S/C12H14N2O/c1-10-8-12(9-15)14(13(10)2)11-6-4-3-5-7-11/h3-9,12H,1-2H3. The zero-order chi connectivity index (χ0) is 10.8. The number of aldehydes is 1. The molecule has 1 atom stereocenters. The summed E-state index contributed by atoms with van der Waals surface area (Å²) in [6.07, 6.45) is 2.92. The molecule has 0 fully saturated rings.